The Morgan fingerprint density at radius 2 is 1.94 bits per heavy atom. The molecule has 0 saturated carbocycles. The number of benzene rings is 1. The third-order valence-electron chi connectivity index (χ3n) is 3.02. The predicted molar refractivity (Wildman–Crippen MR) is 73.8 cm³/mol. The second kappa shape index (κ2) is 6.65. The van der Waals surface area contributed by atoms with Crippen LogP contribution in [0.4, 0.5) is 0 Å². The van der Waals surface area contributed by atoms with Crippen molar-refractivity contribution >= 4 is 0 Å². The van der Waals surface area contributed by atoms with Crippen molar-refractivity contribution in [3.63, 3.8) is 0 Å². The van der Waals surface area contributed by atoms with E-state index >= 15 is 0 Å². The van der Waals surface area contributed by atoms with Gasteiger partial charge in [0.2, 0.25) is 0 Å². The Morgan fingerprint density at radius 1 is 1.24 bits per heavy atom. The van der Waals surface area contributed by atoms with Gasteiger partial charge in [-0.3, -0.25) is 0 Å². The van der Waals surface area contributed by atoms with Crippen LogP contribution in [-0.4, -0.2) is 18.7 Å². The second-order valence-electron chi connectivity index (χ2n) is 4.91. The summed E-state index contributed by atoms with van der Waals surface area (Å²) in [7, 11) is 0. The number of rotatable bonds is 6. The molecular formula is C15H25NO. The fourth-order valence-electron chi connectivity index (χ4n) is 1.70. The fraction of sp³-hybridized carbons (Fsp3) is 0.600. The number of nitrogens with one attached hydrogen (secondary N) is 1. The molecule has 0 saturated heterocycles. The minimum atomic E-state index is 0.199. The monoisotopic (exact) mass is 235 g/mol. The Hall–Kier alpha value is -1.02. The lowest BCUT2D eigenvalue weighted by atomic mass is 10.1. The van der Waals surface area contributed by atoms with Gasteiger partial charge in [-0.2, -0.15) is 0 Å². The first-order valence-corrected chi connectivity index (χ1v) is 6.50. The largest absolute Gasteiger partial charge is 0.489 e. The number of hydrogen-bond acceptors (Lipinski definition) is 2. The molecule has 1 aromatic rings. The van der Waals surface area contributed by atoms with E-state index in [1.807, 2.05) is 0 Å². The van der Waals surface area contributed by atoms with Gasteiger partial charge in [-0.05, 0) is 45.7 Å². The molecule has 2 atom stereocenters. The number of aryl methyl sites for hydroxylation is 2. The molecule has 1 N–H and O–H groups in total. The SMILES string of the molecule is CCC(C)NCC(C)Oc1ccc(C)cc1C. The van der Waals surface area contributed by atoms with Crippen LogP contribution in [0.25, 0.3) is 0 Å². The minimum Gasteiger partial charge on any atom is -0.489 e. The fourth-order valence-corrected chi connectivity index (χ4v) is 1.70. The molecule has 2 unspecified atom stereocenters. The van der Waals surface area contributed by atoms with Gasteiger partial charge in [0.25, 0.3) is 0 Å². The highest BCUT2D eigenvalue weighted by Crippen LogP contribution is 2.19. The van der Waals surface area contributed by atoms with Crippen LogP contribution < -0.4 is 10.1 Å². The molecule has 1 aromatic carbocycles. The highest BCUT2D eigenvalue weighted by Gasteiger charge is 2.07. The highest BCUT2D eigenvalue weighted by molar-refractivity contribution is 5.35. The summed E-state index contributed by atoms with van der Waals surface area (Å²) in [6.07, 6.45) is 1.35. The molecule has 0 aliphatic rings. The van der Waals surface area contributed by atoms with Crippen molar-refractivity contribution in [3.05, 3.63) is 29.3 Å². The molecule has 0 amide bonds. The molecule has 0 aromatic heterocycles. The van der Waals surface area contributed by atoms with Gasteiger partial charge in [0, 0.05) is 12.6 Å². The van der Waals surface area contributed by atoms with Crippen molar-refractivity contribution in [1.29, 1.82) is 0 Å². The normalized spacial score (nSPS) is 14.4. The van der Waals surface area contributed by atoms with Crippen molar-refractivity contribution in [1.82, 2.24) is 5.32 Å². The number of hydrogen-bond donors (Lipinski definition) is 1. The van der Waals surface area contributed by atoms with Gasteiger partial charge in [-0.1, -0.05) is 24.6 Å². The lowest BCUT2D eigenvalue weighted by Crippen LogP contribution is -2.34. The third-order valence-corrected chi connectivity index (χ3v) is 3.02. The topological polar surface area (TPSA) is 21.3 Å². The molecule has 0 spiro atoms. The third kappa shape index (κ3) is 4.78. The van der Waals surface area contributed by atoms with Gasteiger partial charge in [0.1, 0.15) is 11.9 Å². The van der Waals surface area contributed by atoms with Crippen LogP contribution in [0.1, 0.15) is 38.3 Å². The maximum atomic E-state index is 5.93. The summed E-state index contributed by atoms with van der Waals surface area (Å²) in [5.74, 6) is 0.994. The molecule has 1 rings (SSSR count). The van der Waals surface area contributed by atoms with Gasteiger partial charge in [0.15, 0.2) is 0 Å². The maximum Gasteiger partial charge on any atom is 0.122 e. The van der Waals surface area contributed by atoms with E-state index in [2.05, 4.69) is 58.1 Å². The molecule has 0 aliphatic carbocycles. The number of ether oxygens (including phenoxy) is 1. The summed E-state index contributed by atoms with van der Waals surface area (Å²) in [6.45, 7) is 11.6. The van der Waals surface area contributed by atoms with Crippen LogP contribution in [0, 0.1) is 13.8 Å². The molecule has 96 valence electrons. The van der Waals surface area contributed by atoms with Crippen molar-refractivity contribution in [2.75, 3.05) is 6.54 Å². The lowest BCUT2D eigenvalue weighted by Gasteiger charge is -2.19. The quantitative estimate of drug-likeness (QED) is 0.815. The zero-order chi connectivity index (χ0) is 12.8. The first-order valence-electron chi connectivity index (χ1n) is 6.50. The zero-order valence-corrected chi connectivity index (χ0v) is 11.7. The summed E-state index contributed by atoms with van der Waals surface area (Å²) in [6, 6.07) is 6.87. The van der Waals surface area contributed by atoms with E-state index in [0.29, 0.717) is 6.04 Å². The molecule has 0 aliphatic heterocycles. The summed E-state index contributed by atoms with van der Waals surface area (Å²) in [5, 5.41) is 3.46. The standard InChI is InChI=1S/C15H25NO/c1-6-13(4)16-10-14(5)17-15-8-7-11(2)9-12(15)3/h7-9,13-14,16H,6,10H2,1-5H3. The maximum absolute atomic E-state index is 5.93. The molecule has 17 heavy (non-hydrogen) atoms. The van der Waals surface area contributed by atoms with Gasteiger partial charge in [0.05, 0.1) is 0 Å². The Morgan fingerprint density at radius 3 is 2.53 bits per heavy atom. The van der Waals surface area contributed by atoms with Crippen LogP contribution in [0.2, 0.25) is 0 Å². The zero-order valence-electron chi connectivity index (χ0n) is 11.7. The highest BCUT2D eigenvalue weighted by atomic mass is 16.5. The van der Waals surface area contributed by atoms with Crippen LogP contribution in [-0.2, 0) is 0 Å². The Labute approximate surface area is 105 Å². The van der Waals surface area contributed by atoms with E-state index in [9.17, 15) is 0 Å². The first-order chi connectivity index (χ1) is 8.02. The van der Waals surface area contributed by atoms with E-state index in [1.54, 1.807) is 0 Å². The summed E-state index contributed by atoms with van der Waals surface area (Å²) in [4.78, 5) is 0. The molecule has 2 heteroatoms. The lowest BCUT2D eigenvalue weighted by molar-refractivity contribution is 0.210. The van der Waals surface area contributed by atoms with E-state index in [4.69, 9.17) is 4.74 Å². The van der Waals surface area contributed by atoms with Gasteiger partial charge in [-0.15, -0.1) is 0 Å². The second-order valence-corrected chi connectivity index (χ2v) is 4.91. The molecule has 2 nitrogen and oxygen atoms in total. The van der Waals surface area contributed by atoms with Gasteiger partial charge < -0.3 is 10.1 Å². The summed E-state index contributed by atoms with van der Waals surface area (Å²) >= 11 is 0. The average molecular weight is 235 g/mol. The summed E-state index contributed by atoms with van der Waals surface area (Å²) < 4.78 is 5.93. The van der Waals surface area contributed by atoms with Gasteiger partial charge in [-0.25, -0.2) is 0 Å². The molecule has 0 bridgehead atoms. The molecule has 0 radical (unpaired) electrons. The summed E-state index contributed by atoms with van der Waals surface area (Å²) in [5.41, 5.74) is 2.49. The smallest absolute Gasteiger partial charge is 0.122 e. The van der Waals surface area contributed by atoms with E-state index in [-0.39, 0.29) is 6.10 Å². The molecule has 0 fully saturated rings. The van der Waals surface area contributed by atoms with E-state index in [1.165, 1.54) is 11.1 Å². The Bertz CT molecular complexity index is 349. The predicted octanol–water partition coefficient (Wildman–Crippen LogP) is 3.46. The average Bonchev–Trinajstić information content (AvgIpc) is 2.29. The van der Waals surface area contributed by atoms with Crippen LogP contribution >= 0.6 is 0 Å². The van der Waals surface area contributed by atoms with Crippen LogP contribution in [0.15, 0.2) is 18.2 Å². The first kappa shape index (κ1) is 14.0. The van der Waals surface area contributed by atoms with Crippen LogP contribution in [0.3, 0.4) is 0 Å². The van der Waals surface area contributed by atoms with Crippen LogP contribution in [0.5, 0.6) is 5.75 Å². The van der Waals surface area contributed by atoms with Crippen molar-refractivity contribution < 1.29 is 4.74 Å². The molecular weight excluding hydrogens is 210 g/mol. The Kier molecular flexibility index (Phi) is 5.49. The van der Waals surface area contributed by atoms with Crippen molar-refractivity contribution in [3.8, 4) is 5.75 Å². The van der Waals surface area contributed by atoms with Crippen molar-refractivity contribution in [2.24, 2.45) is 0 Å². The van der Waals surface area contributed by atoms with E-state index in [0.717, 1.165) is 18.7 Å². The minimum absolute atomic E-state index is 0.199. The molecule has 0 heterocycles. The Balaban J connectivity index is 2.47. The van der Waals surface area contributed by atoms with Crippen molar-refractivity contribution in [2.45, 2.75) is 53.2 Å². The van der Waals surface area contributed by atoms with E-state index < -0.39 is 0 Å². The van der Waals surface area contributed by atoms with Gasteiger partial charge >= 0.3 is 0 Å².